The molecule has 1 aliphatic heterocycles. The van der Waals surface area contributed by atoms with Gasteiger partial charge in [0.15, 0.2) is 5.82 Å². The molecule has 0 bridgehead atoms. The Morgan fingerprint density at radius 1 is 1.31 bits per heavy atom. The van der Waals surface area contributed by atoms with E-state index in [1.807, 2.05) is 0 Å². The molecule has 0 radical (unpaired) electrons. The van der Waals surface area contributed by atoms with E-state index < -0.39 is 10.0 Å². The van der Waals surface area contributed by atoms with Crippen LogP contribution in [-0.2, 0) is 21.2 Å². The molecule has 10 nitrogen and oxygen atoms in total. The molecule has 1 aromatic carbocycles. The summed E-state index contributed by atoms with van der Waals surface area (Å²) in [6, 6.07) is 4.37. The van der Waals surface area contributed by atoms with Gasteiger partial charge >= 0.3 is 0 Å². The van der Waals surface area contributed by atoms with Gasteiger partial charge in [-0.3, -0.25) is 4.79 Å². The summed E-state index contributed by atoms with van der Waals surface area (Å²) in [7, 11) is -2.40. The molecular formula is C18H24N4O6S. The standard InChI is InChI=1S/C18H24N4O6S/c1-13-20-17(28-21-13)4-3-7-19-18(23)14-5-6-15(26-2)16(12-14)29(24,25)22-8-10-27-11-9-22/h5-6,12H,3-4,7-11H2,1-2H3,(H,19,23). The Morgan fingerprint density at radius 3 is 2.72 bits per heavy atom. The number of rotatable bonds is 8. The van der Waals surface area contributed by atoms with Crippen LogP contribution in [0.15, 0.2) is 27.6 Å². The number of nitrogens with one attached hydrogen (secondary N) is 1. The molecule has 29 heavy (non-hydrogen) atoms. The van der Waals surface area contributed by atoms with Crippen LogP contribution in [0.25, 0.3) is 0 Å². The van der Waals surface area contributed by atoms with Gasteiger partial charge < -0.3 is 19.3 Å². The van der Waals surface area contributed by atoms with Crippen LogP contribution in [-0.4, -0.2) is 68.7 Å². The van der Waals surface area contributed by atoms with E-state index in [9.17, 15) is 13.2 Å². The number of ether oxygens (including phenoxy) is 2. The van der Waals surface area contributed by atoms with Gasteiger partial charge in [0, 0.05) is 31.6 Å². The van der Waals surface area contributed by atoms with Gasteiger partial charge in [-0.2, -0.15) is 9.29 Å². The number of carbonyl (C=O) groups is 1. The van der Waals surface area contributed by atoms with Crippen molar-refractivity contribution < 1.29 is 27.2 Å². The molecule has 1 N–H and O–H groups in total. The van der Waals surface area contributed by atoms with E-state index in [0.29, 0.717) is 44.3 Å². The van der Waals surface area contributed by atoms with E-state index in [-0.39, 0.29) is 35.2 Å². The lowest BCUT2D eigenvalue weighted by Crippen LogP contribution is -2.40. The largest absolute Gasteiger partial charge is 0.495 e. The molecule has 2 heterocycles. The maximum atomic E-state index is 13.0. The summed E-state index contributed by atoms with van der Waals surface area (Å²) >= 11 is 0. The molecule has 0 spiro atoms. The van der Waals surface area contributed by atoms with E-state index in [4.69, 9.17) is 14.0 Å². The third-order valence-corrected chi connectivity index (χ3v) is 6.36. The Kier molecular flexibility index (Phi) is 6.83. The van der Waals surface area contributed by atoms with E-state index in [1.54, 1.807) is 6.92 Å². The number of methoxy groups -OCH3 is 1. The molecule has 11 heteroatoms. The highest BCUT2D eigenvalue weighted by molar-refractivity contribution is 7.89. The van der Waals surface area contributed by atoms with Crippen LogP contribution in [0.3, 0.4) is 0 Å². The van der Waals surface area contributed by atoms with Gasteiger partial charge in [0.25, 0.3) is 5.91 Å². The van der Waals surface area contributed by atoms with Crippen molar-refractivity contribution in [2.45, 2.75) is 24.7 Å². The van der Waals surface area contributed by atoms with E-state index >= 15 is 0 Å². The van der Waals surface area contributed by atoms with Crippen LogP contribution < -0.4 is 10.1 Å². The Bertz CT molecular complexity index is 953. The predicted octanol–water partition coefficient (Wildman–Crippen LogP) is 0.770. The van der Waals surface area contributed by atoms with Crippen LogP contribution in [0.1, 0.15) is 28.5 Å². The first-order valence-corrected chi connectivity index (χ1v) is 10.7. The molecule has 0 atom stereocenters. The topological polar surface area (TPSA) is 124 Å². The minimum atomic E-state index is -3.80. The van der Waals surface area contributed by atoms with Crippen molar-refractivity contribution in [3.8, 4) is 5.75 Å². The number of hydrogen-bond acceptors (Lipinski definition) is 8. The number of aromatic nitrogens is 2. The number of nitrogens with zero attached hydrogens (tertiary/aromatic N) is 3. The second kappa shape index (κ2) is 9.33. The fraction of sp³-hybridized carbons (Fsp3) is 0.500. The SMILES string of the molecule is COc1ccc(C(=O)NCCCc2nc(C)no2)cc1S(=O)(=O)N1CCOCC1. The van der Waals surface area contributed by atoms with Gasteiger partial charge in [-0.1, -0.05) is 5.16 Å². The van der Waals surface area contributed by atoms with Gasteiger partial charge in [-0.15, -0.1) is 0 Å². The number of aryl methyl sites for hydroxylation is 2. The number of hydrogen-bond donors (Lipinski definition) is 1. The lowest BCUT2D eigenvalue weighted by Gasteiger charge is -2.26. The van der Waals surface area contributed by atoms with Crippen molar-refractivity contribution >= 4 is 15.9 Å². The Hall–Kier alpha value is -2.50. The third-order valence-electron chi connectivity index (χ3n) is 4.44. The molecular weight excluding hydrogens is 400 g/mol. The van der Waals surface area contributed by atoms with Gasteiger partial charge in [0.05, 0.1) is 20.3 Å². The highest BCUT2D eigenvalue weighted by atomic mass is 32.2. The van der Waals surface area contributed by atoms with Crippen LogP contribution in [0, 0.1) is 6.92 Å². The first-order chi connectivity index (χ1) is 13.9. The molecule has 3 rings (SSSR count). The number of morpholine rings is 1. The van der Waals surface area contributed by atoms with Crippen LogP contribution >= 0.6 is 0 Å². The summed E-state index contributed by atoms with van der Waals surface area (Å²) in [5, 5.41) is 6.49. The smallest absolute Gasteiger partial charge is 0.251 e. The summed E-state index contributed by atoms with van der Waals surface area (Å²) in [6.45, 7) is 3.32. The van der Waals surface area contributed by atoms with Crippen LogP contribution in [0.2, 0.25) is 0 Å². The molecule has 0 aliphatic carbocycles. The maximum absolute atomic E-state index is 13.0. The summed E-state index contributed by atoms with van der Waals surface area (Å²) in [6.07, 6.45) is 1.16. The third kappa shape index (κ3) is 5.11. The lowest BCUT2D eigenvalue weighted by molar-refractivity contribution is 0.0729. The first kappa shape index (κ1) is 21.2. The van der Waals surface area contributed by atoms with Crippen molar-refractivity contribution in [1.29, 1.82) is 0 Å². The van der Waals surface area contributed by atoms with Crippen molar-refractivity contribution in [2.24, 2.45) is 0 Å². The van der Waals surface area contributed by atoms with Crippen molar-refractivity contribution in [1.82, 2.24) is 19.8 Å². The van der Waals surface area contributed by atoms with Gasteiger partial charge in [-0.05, 0) is 31.5 Å². The van der Waals surface area contributed by atoms with E-state index in [0.717, 1.165) is 0 Å². The summed E-state index contributed by atoms with van der Waals surface area (Å²) in [5.74, 6) is 0.906. The predicted molar refractivity (Wildman–Crippen MR) is 102 cm³/mol. The molecule has 1 amide bonds. The van der Waals surface area contributed by atoms with Crippen molar-refractivity contribution in [2.75, 3.05) is 40.0 Å². The fourth-order valence-corrected chi connectivity index (χ4v) is 4.52. The Labute approximate surface area is 169 Å². The van der Waals surface area contributed by atoms with Gasteiger partial charge in [0.2, 0.25) is 15.9 Å². The first-order valence-electron chi connectivity index (χ1n) is 9.25. The zero-order chi connectivity index (χ0) is 20.9. The number of carbonyl (C=O) groups excluding carboxylic acids is 1. The summed E-state index contributed by atoms with van der Waals surface area (Å²) < 4.78 is 42.8. The maximum Gasteiger partial charge on any atom is 0.251 e. The van der Waals surface area contributed by atoms with E-state index in [1.165, 1.54) is 29.6 Å². The molecule has 2 aromatic rings. The van der Waals surface area contributed by atoms with Crippen LogP contribution in [0.4, 0.5) is 0 Å². The lowest BCUT2D eigenvalue weighted by atomic mass is 10.2. The zero-order valence-electron chi connectivity index (χ0n) is 16.4. The minimum Gasteiger partial charge on any atom is -0.495 e. The summed E-state index contributed by atoms with van der Waals surface area (Å²) in [5.41, 5.74) is 0.242. The number of amides is 1. The molecule has 1 fully saturated rings. The molecule has 1 saturated heterocycles. The van der Waals surface area contributed by atoms with Gasteiger partial charge in [-0.25, -0.2) is 8.42 Å². The zero-order valence-corrected chi connectivity index (χ0v) is 17.2. The van der Waals surface area contributed by atoms with Gasteiger partial charge in [0.1, 0.15) is 10.6 Å². The highest BCUT2D eigenvalue weighted by Gasteiger charge is 2.30. The molecule has 1 aromatic heterocycles. The fourth-order valence-electron chi connectivity index (χ4n) is 2.93. The van der Waals surface area contributed by atoms with Crippen molar-refractivity contribution in [3.63, 3.8) is 0 Å². The minimum absolute atomic E-state index is 0.0316. The Balaban J connectivity index is 1.67. The summed E-state index contributed by atoms with van der Waals surface area (Å²) in [4.78, 5) is 16.6. The van der Waals surface area contributed by atoms with Crippen molar-refractivity contribution in [3.05, 3.63) is 35.5 Å². The second-order valence-electron chi connectivity index (χ2n) is 6.48. The normalized spacial score (nSPS) is 15.2. The molecule has 1 aliphatic rings. The van der Waals surface area contributed by atoms with Crippen LogP contribution in [0.5, 0.6) is 5.75 Å². The highest BCUT2D eigenvalue weighted by Crippen LogP contribution is 2.28. The average molecular weight is 424 g/mol. The van der Waals surface area contributed by atoms with E-state index in [2.05, 4.69) is 15.5 Å². The number of sulfonamides is 1. The molecule has 0 unspecified atom stereocenters. The molecule has 0 saturated carbocycles. The second-order valence-corrected chi connectivity index (χ2v) is 8.38. The average Bonchev–Trinajstić information content (AvgIpc) is 3.16. The number of benzene rings is 1. The Morgan fingerprint density at radius 2 is 2.07 bits per heavy atom. The quantitative estimate of drug-likeness (QED) is 0.616. The monoisotopic (exact) mass is 424 g/mol. The molecule has 158 valence electrons.